The summed E-state index contributed by atoms with van der Waals surface area (Å²) in [5, 5.41) is 3.61. The molecule has 0 radical (unpaired) electrons. The average Bonchev–Trinajstić information content (AvgIpc) is 3.04. The van der Waals surface area contributed by atoms with Gasteiger partial charge in [-0.15, -0.1) is 0 Å². The summed E-state index contributed by atoms with van der Waals surface area (Å²) in [6.45, 7) is 5.43. The van der Waals surface area contributed by atoms with Crippen LogP contribution in [-0.4, -0.2) is 37.1 Å². The van der Waals surface area contributed by atoms with E-state index in [0.29, 0.717) is 0 Å². The van der Waals surface area contributed by atoms with Gasteiger partial charge in [-0.1, -0.05) is 12.8 Å². The Morgan fingerprint density at radius 3 is 2.76 bits per heavy atom. The van der Waals surface area contributed by atoms with Gasteiger partial charge in [0, 0.05) is 12.6 Å². The number of nitrogens with one attached hydrogen (secondary N) is 1. The van der Waals surface area contributed by atoms with Crippen LogP contribution in [0, 0.1) is 5.41 Å². The van der Waals surface area contributed by atoms with Gasteiger partial charge in [-0.2, -0.15) is 0 Å². The molecule has 0 aromatic rings. The minimum absolute atomic E-state index is 0.769. The number of likely N-dealkylation sites (tertiary alicyclic amines) is 1. The molecule has 3 fully saturated rings. The first-order chi connectivity index (χ1) is 8.36. The lowest BCUT2D eigenvalue weighted by Gasteiger charge is -2.23. The van der Waals surface area contributed by atoms with Crippen LogP contribution in [0.3, 0.4) is 0 Å². The van der Waals surface area contributed by atoms with E-state index in [1.165, 1.54) is 84.0 Å². The van der Waals surface area contributed by atoms with E-state index < -0.39 is 0 Å². The lowest BCUT2D eigenvalue weighted by molar-refractivity contribution is 0.255. The fourth-order valence-corrected chi connectivity index (χ4v) is 4.32. The van der Waals surface area contributed by atoms with Crippen molar-refractivity contribution in [3.05, 3.63) is 0 Å². The van der Waals surface area contributed by atoms with Gasteiger partial charge in [0.2, 0.25) is 0 Å². The van der Waals surface area contributed by atoms with Gasteiger partial charge in [0.1, 0.15) is 0 Å². The third-order valence-electron chi connectivity index (χ3n) is 5.37. The van der Waals surface area contributed by atoms with Crippen LogP contribution in [-0.2, 0) is 0 Å². The van der Waals surface area contributed by atoms with E-state index >= 15 is 0 Å². The third-order valence-corrected chi connectivity index (χ3v) is 5.37. The van der Waals surface area contributed by atoms with Gasteiger partial charge < -0.3 is 10.2 Å². The summed E-state index contributed by atoms with van der Waals surface area (Å²) in [6, 6.07) is 0.845. The highest BCUT2D eigenvalue weighted by Gasteiger charge is 2.39. The van der Waals surface area contributed by atoms with E-state index in [1.54, 1.807) is 0 Å². The van der Waals surface area contributed by atoms with E-state index in [2.05, 4.69) is 10.2 Å². The standard InChI is InChI=1S/C15H28N2/c1-2-8-15(7-1)9-12-17(13-15)11-4-6-14-5-3-10-16-14/h14,16H,1-13H2. The molecular formula is C15H28N2. The molecule has 3 aliphatic rings. The van der Waals surface area contributed by atoms with Crippen molar-refractivity contribution < 1.29 is 0 Å². The maximum absolute atomic E-state index is 3.61. The van der Waals surface area contributed by atoms with Gasteiger partial charge >= 0.3 is 0 Å². The highest BCUT2D eigenvalue weighted by atomic mass is 15.2. The van der Waals surface area contributed by atoms with Crippen molar-refractivity contribution >= 4 is 0 Å². The van der Waals surface area contributed by atoms with Gasteiger partial charge in [0.05, 0.1) is 0 Å². The number of rotatable bonds is 4. The molecule has 1 spiro atoms. The molecule has 2 nitrogen and oxygen atoms in total. The van der Waals surface area contributed by atoms with Gasteiger partial charge in [0.15, 0.2) is 0 Å². The fourth-order valence-electron chi connectivity index (χ4n) is 4.32. The van der Waals surface area contributed by atoms with Crippen molar-refractivity contribution in [3.8, 4) is 0 Å². The average molecular weight is 236 g/mol. The van der Waals surface area contributed by atoms with Gasteiger partial charge in [-0.05, 0) is 70.0 Å². The van der Waals surface area contributed by atoms with E-state index in [-0.39, 0.29) is 0 Å². The highest BCUT2D eigenvalue weighted by Crippen LogP contribution is 2.45. The zero-order chi connectivity index (χ0) is 11.6. The maximum atomic E-state index is 3.61. The molecule has 1 unspecified atom stereocenters. The third kappa shape index (κ3) is 2.85. The van der Waals surface area contributed by atoms with Crippen LogP contribution in [0.1, 0.15) is 57.8 Å². The Labute approximate surface area is 106 Å². The Kier molecular flexibility index (Phi) is 3.72. The molecule has 1 saturated carbocycles. The van der Waals surface area contributed by atoms with Crippen LogP contribution in [0.25, 0.3) is 0 Å². The number of nitrogens with zero attached hydrogens (tertiary/aromatic N) is 1. The molecule has 17 heavy (non-hydrogen) atoms. The van der Waals surface area contributed by atoms with Crippen molar-refractivity contribution in [1.82, 2.24) is 10.2 Å². The molecule has 2 saturated heterocycles. The minimum atomic E-state index is 0.769. The molecule has 0 aromatic carbocycles. The van der Waals surface area contributed by atoms with E-state index in [0.717, 1.165) is 11.5 Å². The summed E-state index contributed by atoms with van der Waals surface area (Å²) >= 11 is 0. The first-order valence-corrected chi connectivity index (χ1v) is 7.82. The molecule has 1 aliphatic carbocycles. The highest BCUT2D eigenvalue weighted by molar-refractivity contribution is 4.93. The summed E-state index contributed by atoms with van der Waals surface area (Å²) < 4.78 is 0. The largest absolute Gasteiger partial charge is 0.314 e. The van der Waals surface area contributed by atoms with Crippen LogP contribution in [0.2, 0.25) is 0 Å². The Hall–Kier alpha value is -0.0800. The molecule has 0 amide bonds. The van der Waals surface area contributed by atoms with Crippen LogP contribution < -0.4 is 5.32 Å². The predicted octanol–water partition coefficient (Wildman–Crippen LogP) is 2.78. The first-order valence-electron chi connectivity index (χ1n) is 7.82. The Morgan fingerprint density at radius 2 is 2.00 bits per heavy atom. The van der Waals surface area contributed by atoms with Crippen molar-refractivity contribution in [2.75, 3.05) is 26.2 Å². The molecule has 3 rings (SSSR count). The summed E-state index contributed by atoms with van der Waals surface area (Å²) in [5.74, 6) is 0. The molecule has 1 N–H and O–H groups in total. The monoisotopic (exact) mass is 236 g/mol. The normalized spacial score (nSPS) is 32.8. The van der Waals surface area contributed by atoms with E-state index in [9.17, 15) is 0 Å². The molecule has 98 valence electrons. The summed E-state index contributed by atoms with van der Waals surface area (Å²) in [5.41, 5.74) is 0.769. The fraction of sp³-hybridized carbons (Fsp3) is 1.00. The van der Waals surface area contributed by atoms with Crippen LogP contribution >= 0.6 is 0 Å². The van der Waals surface area contributed by atoms with Crippen LogP contribution in [0.15, 0.2) is 0 Å². The lowest BCUT2D eigenvalue weighted by Crippen LogP contribution is -2.28. The van der Waals surface area contributed by atoms with Crippen molar-refractivity contribution in [1.29, 1.82) is 0 Å². The summed E-state index contributed by atoms with van der Waals surface area (Å²) in [7, 11) is 0. The maximum Gasteiger partial charge on any atom is 0.00680 e. The Morgan fingerprint density at radius 1 is 1.12 bits per heavy atom. The van der Waals surface area contributed by atoms with Gasteiger partial charge in [-0.3, -0.25) is 0 Å². The summed E-state index contributed by atoms with van der Waals surface area (Å²) in [4.78, 5) is 2.75. The van der Waals surface area contributed by atoms with Crippen LogP contribution in [0.5, 0.6) is 0 Å². The smallest absolute Gasteiger partial charge is 0.00680 e. The Balaban J connectivity index is 1.36. The molecule has 0 bridgehead atoms. The molecule has 2 heterocycles. The van der Waals surface area contributed by atoms with E-state index in [4.69, 9.17) is 0 Å². The number of hydrogen-bond donors (Lipinski definition) is 1. The topological polar surface area (TPSA) is 15.3 Å². The Bertz CT molecular complexity index is 239. The zero-order valence-corrected chi connectivity index (χ0v) is 11.2. The molecule has 0 aromatic heterocycles. The van der Waals surface area contributed by atoms with Gasteiger partial charge in [0.25, 0.3) is 0 Å². The second-order valence-corrected chi connectivity index (χ2v) is 6.67. The number of hydrogen-bond acceptors (Lipinski definition) is 2. The molecule has 1 atom stereocenters. The van der Waals surface area contributed by atoms with E-state index in [1.807, 2.05) is 0 Å². The first kappa shape index (κ1) is 12.0. The quantitative estimate of drug-likeness (QED) is 0.807. The molecule has 2 heteroatoms. The van der Waals surface area contributed by atoms with Crippen LogP contribution in [0.4, 0.5) is 0 Å². The minimum Gasteiger partial charge on any atom is -0.314 e. The summed E-state index contributed by atoms with van der Waals surface area (Å²) in [6.07, 6.45) is 13.2. The van der Waals surface area contributed by atoms with Gasteiger partial charge in [-0.25, -0.2) is 0 Å². The second kappa shape index (κ2) is 5.27. The van der Waals surface area contributed by atoms with Crippen molar-refractivity contribution in [3.63, 3.8) is 0 Å². The SMILES string of the molecule is C1CNC(CCCN2CCC3(CCCC3)C2)C1. The zero-order valence-electron chi connectivity index (χ0n) is 11.2. The van der Waals surface area contributed by atoms with Crippen molar-refractivity contribution in [2.45, 2.75) is 63.8 Å². The molecular weight excluding hydrogens is 208 g/mol. The van der Waals surface area contributed by atoms with Crippen molar-refractivity contribution in [2.24, 2.45) is 5.41 Å². The predicted molar refractivity (Wildman–Crippen MR) is 72.2 cm³/mol. The second-order valence-electron chi connectivity index (χ2n) is 6.67. The lowest BCUT2D eigenvalue weighted by atomic mass is 9.86. The molecule has 2 aliphatic heterocycles.